The molecular weight excluding hydrogens is 254 g/mol. The van der Waals surface area contributed by atoms with E-state index in [2.05, 4.69) is 74.9 Å². The molecule has 0 aliphatic rings. The zero-order valence-corrected chi connectivity index (χ0v) is 13.8. The van der Waals surface area contributed by atoms with Crippen LogP contribution in [0.3, 0.4) is 0 Å². The van der Waals surface area contributed by atoms with E-state index >= 15 is 0 Å². The van der Waals surface area contributed by atoms with Crippen molar-refractivity contribution in [2.45, 2.75) is 44.4 Å². The molecule has 0 aliphatic heterocycles. The van der Waals surface area contributed by atoms with Gasteiger partial charge in [0.1, 0.15) is 0 Å². The standard InChI is InChI=1S/C15H23NSSi/c1-13(2)16-12-11-15(18(3,4)5)17-14-9-7-6-8-10-14/h6-13H,1-5H3/b15-11-,16-12?. The van der Waals surface area contributed by atoms with Crippen LogP contribution in [0.25, 0.3) is 0 Å². The Labute approximate surface area is 116 Å². The molecule has 0 atom stereocenters. The van der Waals surface area contributed by atoms with Crippen molar-refractivity contribution in [2.75, 3.05) is 0 Å². The van der Waals surface area contributed by atoms with E-state index in [0.717, 1.165) is 0 Å². The molecule has 0 heterocycles. The van der Waals surface area contributed by atoms with Crippen LogP contribution in [0, 0.1) is 0 Å². The molecule has 0 bridgehead atoms. The number of hydrogen-bond donors (Lipinski definition) is 0. The molecule has 1 nitrogen and oxygen atoms in total. The van der Waals surface area contributed by atoms with Gasteiger partial charge in [0.15, 0.2) is 0 Å². The van der Waals surface area contributed by atoms with Crippen LogP contribution in [0.1, 0.15) is 13.8 Å². The van der Waals surface area contributed by atoms with Gasteiger partial charge in [0.2, 0.25) is 0 Å². The van der Waals surface area contributed by atoms with Gasteiger partial charge in [-0.15, -0.1) is 0 Å². The Morgan fingerprint density at radius 2 is 1.78 bits per heavy atom. The highest BCUT2D eigenvalue weighted by molar-refractivity contribution is 8.05. The Kier molecular flexibility index (Phi) is 5.89. The zero-order chi connectivity index (χ0) is 13.6. The molecule has 0 amide bonds. The van der Waals surface area contributed by atoms with Crippen LogP contribution in [-0.2, 0) is 0 Å². The van der Waals surface area contributed by atoms with Crippen LogP contribution in [0.5, 0.6) is 0 Å². The minimum atomic E-state index is -1.31. The molecule has 0 saturated carbocycles. The largest absolute Gasteiger partial charge is 0.290 e. The van der Waals surface area contributed by atoms with Crippen molar-refractivity contribution in [2.24, 2.45) is 4.99 Å². The second-order valence-corrected chi connectivity index (χ2v) is 12.1. The molecule has 0 radical (unpaired) electrons. The Balaban J connectivity index is 2.87. The fourth-order valence-corrected chi connectivity index (χ4v) is 4.16. The molecular formula is C15H23NSSi. The van der Waals surface area contributed by atoms with Gasteiger partial charge in [0, 0.05) is 17.2 Å². The highest BCUT2D eigenvalue weighted by Gasteiger charge is 2.20. The quantitative estimate of drug-likeness (QED) is 0.418. The lowest BCUT2D eigenvalue weighted by molar-refractivity contribution is 0.842. The summed E-state index contributed by atoms with van der Waals surface area (Å²) in [4.78, 5) is 5.74. The van der Waals surface area contributed by atoms with Crippen LogP contribution in [0.2, 0.25) is 19.6 Å². The van der Waals surface area contributed by atoms with Crippen molar-refractivity contribution in [3.8, 4) is 0 Å². The fourth-order valence-electron chi connectivity index (χ4n) is 1.34. The smallest absolute Gasteiger partial charge is 0.0862 e. The van der Waals surface area contributed by atoms with E-state index in [1.54, 1.807) is 0 Å². The molecule has 0 unspecified atom stereocenters. The summed E-state index contributed by atoms with van der Waals surface area (Å²) < 4.78 is 1.47. The number of allylic oxidation sites excluding steroid dienone is 1. The van der Waals surface area contributed by atoms with Crippen molar-refractivity contribution < 1.29 is 0 Å². The Bertz CT molecular complexity index is 416. The molecule has 0 N–H and O–H groups in total. The summed E-state index contributed by atoms with van der Waals surface area (Å²) in [5.41, 5.74) is 0. The van der Waals surface area contributed by atoms with E-state index in [4.69, 9.17) is 0 Å². The van der Waals surface area contributed by atoms with E-state index in [1.165, 1.54) is 9.42 Å². The van der Waals surface area contributed by atoms with Gasteiger partial charge >= 0.3 is 0 Å². The molecule has 3 heteroatoms. The zero-order valence-electron chi connectivity index (χ0n) is 12.0. The van der Waals surface area contributed by atoms with Crippen LogP contribution in [-0.4, -0.2) is 20.3 Å². The average Bonchev–Trinajstić information content (AvgIpc) is 2.27. The second kappa shape index (κ2) is 6.95. The van der Waals surface area contributed by atoms with Crippen molar-refractivity contribution in [3.63, 3.8) is 0 Å². The van der Waals surface area contributed by atoms with Crippen molar-refractivity contribution in [1.29, 1.82) is 0 Å². The van der Waals surface area contributed by atoms with E-state index < -0.39 is 8.07 Å². The lowest BCUT2D eigenvalue weighted by atomic mass is 10.4. The molecule has 0 aliphatic carbocycles. The van der Waals surface area contributed by atoms with Crippen molar-refractivity contribution in [1.82, 2.24) is 0 Å². The first-order valence-electron chi connectivity index (χ1n) is 6.36. The highest BCUT2D eigenvalue weighted by atomic mass is 32.2. The third-order valence-electron chi connectivity index (χ3n) is 2.32. The number of aliphatic imine (C=N–C) groups is 1. The first kappa shape index (κ1) is 15.3. The summed E-state index contributed by atoms with van der Waals surface area (Å²) in [5, 5.41) is 0. The molecule has 18 heavy (non-hydrogen) atoms. The lowest BCUT2D eigenvalue weighted by Gasteiger charge is -2.19. The maximum absolute atomic E-state index is 4.43. The minimum Gasteiger partial charge on any atom is -0.290 e. The molecule has 1 aromatic carbocycles. The van der Waals surface area contributed by atoms with Gasteiger partial charge in [-0.2, -0.15) is 0 Å². The molecule has 0 saturated heterocycles. The third kappa shape index (κ3) is 5.69. The van der Waals surface area contributed by atoms with E-state index in [1.807, 2.05) is 18.0 Å². The average molecular weight is 278 g/mol. The fraction of sp³-hybridized carbons (Fsp3) is 0.400. The van der Waals surface area contributed by atoms with Crippen molar-refractivity contribution >= 4 is 26.1 Å². The van der Waals surface area contributed by atoms with E-state index in [9.17, 15) is 0 Å². The molecule has 1 rings (SSSR count). The SMILES string of the molecule is CC(C)N=C/C=C(/Sc1ccccc1)[Si](C)(C)C. The predicted octanol–water partition coefficient (Wildman–Crippen LogP) is 5.02. The molecule has 98 valence electrons. The predicted molar refractivity (Wildman–Crippen MR) is 87.4 cm³/mol. The van der Waals surface area contributed by atoms with E-state index in [-0.39, 0.29) is 0 Å². The summed E-state index contributed by atoms with van der Waals surface area (Å²) in [6, 6.07) is 10.9. The highest BCUT2D eigenvalue weighted by Crippen LogP contribution is 2.32. The minimum absolute atomic E-state index is 0.367. The number of nitrogens with zero attached hydrogens (tertiary/aromatic N) is 1. The monoisotopic (exact) mass is 277 g/mol. The lowest BCUT2D eigenvalue weighted by Crippen LogP contribution is -2.22. The first-order valence-corrected chi connectivity index (χ1v) is 10.7. The summed E-state index contributed by atoms with van der Waals surface area (Å²) in [5.74, 6) is 0. The van der Waals surface area contributed by atoms with Gasteiger partial charge in [0.25, 0.3) is 0 Å². The van der Waals surface area contributed by atoms with Crippen LogP contribution >= 0.6 is 11.8 Å². The van der Waals surface area contributed by atoms with Crippen LogP contribution in [0.4, 0.5) is 0 Å². The van der Waals surface area contributed by atoms with E-state index in [0.29, 0.717) is 6.04 Å². The van der Waals surface area contributed by atoms with Gasteiger partial charge in [0.05, 0.1) is 8.07 Å². The van der Waals surface area contributed by atoms with Crippen LogP contribution < -0.4 is 0 Å². The summed E-state index contributed by atoms with van der Waals surface area (Å²) in [6.07, 6.45) is 4.16. The third-order valence-corrected chi connectivity index (χ3v) is 6.97. The normalized spacial score (nSPS) is 13.6. The number of benzene rings is 1. The van der Waals surface area contributed by atoms with Gasteiger partial charge in [-0.25, -0.2) is 0 Å². The topological polar surface area (TPSA) is 12.4 Å². The van der Waals surface area contributed by atoms with Gasteiger partial charge in [-0.05, 0) is 36.6 Å². The van der Waals surface area contributed by atoms with Crippen molar-refractivity contribution in [3.05, 3.63) is 40.9 Å². The summed E-state index contributed by atoms with van der Waals surface area (Å²) >= 11 is 1.88. The second-order valence-electron chi connectivity index (χ2n) is 5.59. The Morgan fingerprint density at radius 3 is 2.28 bits per heavy atom. The molecule has 1 aromatic rings. The maximum atomic E-state index is 4.43. The molecule has 0 spiro atoms. The van der Waals surface area contributed by atoms with Gasteiger partial charge < -0.3 is 0 Å². The summed E-state index contributed by atoms with van der Waals surface area (Å²) in [7, 11) is -1.31. The first-order chi connectivity index (χ1) is 8.39. The molecule has 0 aromatic heterocycles. The van der Waals surface area contributed by atoms with Gasteiger partial charge in [-0.3, -0.25) is 4.99 Å². The Morgan fingerprint density at radius 1 is 1.17 bits per heavy atom. The number of rotatable bonds is 5. The van der Waals surface area contributed by atoms with Gasteiger partial charge in [-0.1, -0.05) is 49.6 Å². The number of hydrogen-bond acceptors (Lipinski definition) is 2. The Hall–Kier alpha value is -0.803. The number of thioether (sulfide) groups is 1. The maximum Gasteiger partial charge on any atom is 0.0862 e. The van der Waals surface area contributed by atoms with Crippen LogP contribution in [0.15, 0.2) is 50.8 Å². The summed E-state index contributed by atoms with van der Waals surface area (Å²) in [6.45, 7) is 11.3. The molecule has 0 fully saturated rings.